The molecule has 1 aliphatic heterocycles. The van der Waals surface area contributed by atoms with Crippen LogP contribution in [-0.4, -0.2) is 46.2 Å². The molecular weight excluding hydrogens is 615 g/mol. The van der Waals surface area contributed by atoms with E-state index in [9.17, 15) is 32.3 Å². The molecule has 4 aromatic rings. The Hall–Kier alpha value is -4.00. The van der Waals surface area contributed by atoms with Crippen molar-refractivity contribution in [1.82, 2.24) is 15.3 Å². The van der Waals surface area contributed by atoms with Crippen molar-refractivity contribution in [2.45, 2.75) is 31.0 Å². The first-order valence-corrected chi connectivity index (χ1v) is 13.4. The molecule has 43 heavy (non-hydrogen) atoms. The second-order valence-electron chi connectivity index (χ2n) is 10.4. The molecule has 224 valence electrons. The summed E-state index contributed by atoms with van der Waals surface area (Å²) >= 11 is 12.4. The first kappa shape index (κ1) is 30.5. The molecule has 2 aromatic carbocycles. The molecule has 4 N–H and O–H groups in total. The number of primary amides is 1. The fraction of sp³-hybridized carbons (Fsp3) is 0.241. The van der Waals surface area contributed by atoms with Crippen LogP contribution in [0, 0.1) is 12.7 Å². The van der Waals surface area contributed by atoms with Crippen LogP contribution in [0.4, 0.5) is 17.6 Å². The fourth-order valence-corrected chi connectivity index (χ4v) is 5.25. The van der Waals surface area contributed by atoms with Crippen molar-refractivity contribution in [3.8, 4) is 17.0 Å². The van der Waals surface area contributed by atoms with Gasteiger partial charge in [0.2, 0.25) is 11.5 Å². The number of nitrogens with one attached hydrogen (secondary N) is 1. The van der Waals surface area contributed by atoms with Crippen molar-refractivity contribution in [1.29, 1.82) is 0 Å². The Kier molecular flexibility index (Phi) is 7.52. The minimum atomic E-state index is -5.41. The molecule has 0 bridgehead atoms. The van der Waals surface area contributed by atoms with Gasteiger partial charge in [-0.25, -0.2) is 9.37 Å². The Morgan fingerprint density at radius 1 is 1.19 bits per heavy atom. The normalized spacial score (nSPS) is 17.7. The number of benzene rings is 2. The van der Waals surface area contributed by atoms with Crippen molar-refractivity contribution in [2.24, 2.45) is 5.73 Å². The van der Waals surface area contributed by atoms with Crippen LogP contribution in [0.25, 0.3) is 22.2 Å². The van der Waals surface area contributed by atoms with Gasteiger partial charge in [-0.3, -0.25) is 14.6 Å². The zero-order valence-electron chi connectivity index (χ0n) is 22.4. The number of alkyl halides is 3. The van der Waals surface area contributed by atoms with Crippen LogP contribution in [0.5, 0.6) is 5.75 Å². The van der Waals surface area contributed by atoms with Crippen LogP contribution in [0.2, 0.25) is 10.0 Å². The van der Waals surface area contributed by atoms with E-state index in [0.717, 1.165) is 17.7 Å². The molecule has 2 atom stereocenters. The van der Waals surface area contributed by atoms with E-state index in [2.05, 4.69) is 15.3 Å². The van der Waals surface area contributed by atoms with Crippen LogP contribution in [0.1, 0.15) is 34.1 Å². The lowest BCUT2D eigenvalue weighted by molar-refractivity contribution is -0.265. The van der Waals surface area contributed by atoms with E-state index in [4.69, 9.17) is 33.7 Å². The SMILES string of the molecule is Cc1cnc2c(Cl)cc(C(=O)NCC(O)(c3cc4c(c(-c5cccc(F)c5Cl)n3)OC[C@]4(C)C(N)=O)C(F)(F)F)cc2c1. The maximum Gasteiger partial charge on any atom is 0.424 e. The zero-order valence-corrected chi connectivity index (χ0v) is 24.0. The molecule has 8 nitrogen and oxygen atoms in total. The molecule has 5 rings (SSSR count). The maximum absolute atomic E-state index is 14.7. The highest BCUT2D eigenvalue weighted by atomic mass is 35.5. The third-order valence-corrected chi connectivity index (χ3v) is 8.03. The van der Waals surface area contributed by atoms with Crippen LogP contribution in [0.3, 0.4) is 0 Å². The zero-order chi connectivity index (χ0) is 31.5. The number of amides is 2. The van der Waals surface area contributed by atoms with Gasteiger partial charge in [0, 0.05) is 28.3 Å². The molecule has 3 heterocycles. The number of carbonyl (C=O) groups is 2. The second kappa shape index (κ2) is 10.6. The summed E-state index contributed by atoms with van der Waals surface area (Å²) < 4.78 is 64.0. The number of fused-ring (bicyclic) bond motifs is 2. The Morgan fingerprint density at radius 3 is 2.58 bits per heavy atom. The Bertz CT molecular complexity index is 1820. The predicted molar refractivity (Wildman–Crippen MR) is 150 cm³/mol. The average Bonchev–Trinajstić information content (AvgIpc) is 3.29. The van der Waals surface area contributed by atoms with Crippen LogP contribution >= 0.6 is 23.2 Å². The summed E-state index contributed by atoms with van der Waals surface area (Å²) in [5, 5.41) is 13.4. The van der Waals surface area contributed by atoms with Gasteiger partial charge < -0.3 is 20.9 Å². The minimum absolute atomic E-state index is 0.0849. The molecule has 14 heteroatoms. The molecule has 0 aliphatic carbocycles. The van der Waals surface area contributed by atoms with Crippen molar-refractivity contribution in [3.05, 3.63) is 86.9 Å². The topological polar surface area (TPSA) is 127 Å². The van der Waals surface area contributed by atoms with E-state index in [1.54, 1.807) is 19.2 Å². The molecule has 1 aliphatic rings. The monoisotopic (exact) mass is 636 g/mol. The highest BCUT2D eigenvalue weighted by molar-refractivity contribution is 6.35. The predicted octanol–water partition coefficient (Wildman–Crippen LogP) is 5.37. The number of halogens is 6. The Labute approximate surface area is 251 Å². The number of hydrogen-bond acceptors (Lipinski definition) is 6. The molecule has 0 saturated heterocycles. The van der Waals surface area contributed by atoms with E-state index in [1.165, 1.54) is 31.2 Å². The number of pyridine rings is 2. The summed E-state index contributed by atoms with van der Waals surface area (Å²) in [6, 6.07) is 8.74. The molecule has 2 aromatic heterocycles. The minimum Gasteiger partial charge on any atom is -0.489 e. The van der Waals surface area contributed by atoms with Crippen molar-refractivity contribution in [2.75, 3.05) is 13.2 Å². The van der Waals surface area contributed by atoms with Gasteiger partial charge in [0.25, 0.3) is 5.91 Å². The number of ether oxygens (including phenoxy) is 1. The Balaban J connectivity index is 1.62. The smallest absolute Gasteiger partial charge is 0.424 e. The highest BCUT2D eigenvalue weighted by Gasteiger charge is 2.57. The van der Waals surface area contributed by atoms with Gasteiger partial charge in [0.1, 0.15) is 29.3 Å². The molecule has 2 amide bonds. The Morgan fingerprint density at radius 2 is 1.91 bits per heavy atom. The van der Waals surface area contributed by atoms with Gasteiger partial charge in [0.05, 0.1) is 27.8 Å². The largest absolute Gasteiger partial charge is 0.489 e. The number of rotatable bonds is 6. The first-order chi connectivity index (χ1) is 20.1. The first-order valence-electron chi connectivity index (χ1n) is 12.6. The van der Waals surface area contributed by atoms with Crippen molar-refractivity contribution in [3.63, 3.8) is 0 Å². The number of carbonyl (C=O) groups excluding carboxylic acids is 2. The van der Waals surface area contributed by atoms with Crippen molar-refractivity contribution >= 4 is 45.9 Å². The van der Waals surface area contributed by atoms with E-state index >= 15 is 0 Å². The van der Waals surface area contributed by atoms with E-state index in [1.807, 2.05) is 0 Å². The van der Waals surface area contributed by atoms with Gasteiger partial charge in [-0.1, -0.05) is 35.3 Å². The molecule has 1 unspecified atom stereocenters. The lowest BCUT2D eigenvalue weighted by Crippen LogP contribution is -2.51. The number of aryl methyl sites for hydroxylation is 1. The lowest BCUT2D eigenvalue weighted by Gasteiger charge is -2.31. The number of nitrogens with two attached hydrogens (primary N) is 1. The summed E-state index contributed by atoms with van der Waals surface area (Å²) in [5.74, 6) is -2.95. The quantitative estimate of drug-likeness (QED) is 0.244. The van der Waals surface area contributed by atoms with Crippen LogP contribution in [0.15, 0.2) is 48.7 Å². The maximum atomic E-state index is 14.7. The van der Waals surface area contributed by atoms with E-state index < -0.39 is 52.1 Å². The molecule has 0 spiro atoms. The summed E-state index contributed by atoms with van der Waals surface area (Å²) in [6.45, 7) is 1.35. The van der Waals surface area contributed by atoms with Gasteiger partial charge >= 0.3 is 6.18 Å². The third-order valence-electron chi connectivity index (χ3n) is 7.36. The molecule has 0 saturated carbocycles. The van der Waals surface area contributed by atoms with E-state index in [0.29, 0.717) is 10.9 Å². The van der Waals surface area contributed by atoms with Gasteiger partial charge in [0.15, 0.2) is 0 Å². The molecular formula is C29H22Cl2F4N4O4. The summed E-state index contributed by atoms with van der Waals surface area (Å²) in [5.41, 5.74) is -0.445. The van der Waals surface area contributed by atoms with Gasteiger partial charge in [-0.15, -0.1) is 0 Å². The van der Waals surface area contributed by atoms with E-state index in [-0.39, 0.29) is 39.8 Å². The number of aliphatic hydroxyl groups is 1. The average molecular weight is 637 g/mol. The molecule has 0 fully saturated rings. The standard InChI is InChI=1S/C29H22Cl2F4N4O4/c1-13-6-14-7-15(8-18(30)22(14)37-10-13)25(40)38-11-28(42,29(33,34)35)20-9-17-24(43-12-27(17,2)26(36)41)23(39-20)16-4-3-5-19(32)21(16)31/h3-10,42H,11-12H2,1-2H3,(H2,36,41)(H,38,40)/t27-,28?/m0/s1. The van der Waals surface area contributed by atoms with Gasteiger partial charge in [-0.05, 0) is 49.7 Å². The van der Waals surface area contributed by atoms with Gasteiger partial charge in [-0.2, -0.15) is 13.2 Å². The number of aromatic nitrogens is 2. The van der Waals surface area contributed by atoms with Crippen LogP contribution in [-0.2, 0) is 15.8 Å². The summed E-state index contributed by atoms with van der Waals surface area (Å²) in [7, 11) is 0. The molecule has 0 radical (unpaired) electrons. The summed E-state index contributed by atoms with van der Waals surface area (Å²) in [6.07, 6.45) is -3.84. The number of hydrogen-bond donors (Lipinski definition) is 3. The second-order valence-corrected chi connectivity index (χ2v) is 11.2. The summed E-state index contributed by atoms with van der Waals surface area (Å²) in [4.78, 5) is 33.7. The highest BCUT2D eigenvalue weighted by Crippen LogP contribution is 2.48. The van der Waals surface area contributed by atoms with Crippen molar-refractivity contribution < 1.29 is 37.0 Å². The fourth-order valence-electron chi connectivity index (χ4n) is 4.76. The van der Waals surface area contributed by atoms with Crippen LogP contribution < -0.4 is 15.8 Å². The third kappa shape index (κ3) is 5.13. The number of nitrogens with zero attached hydrogens (tertiary/aromatic N) is 2. The lowest BCUT2D eigenvalue weighted by atomic mass is 9.81.